The minimum Gasteiger partial charge on any atom is -0.378 e. The SMILES string of the molecule is COC1(C(Cc2ccccc2Cl)Cn2cncn2)CC1. The highest BCUT2D eigenvalue weighted by molar-refractivity contribution is 6.31. The maximum absolute atomic E-state index is 6.29. The molecule has 0 saturated heterocycles. The molecule has 1 aromatic carbocycles. The number of hydrogen-bond donors (Lipinski definition) is 0. The molecule has 3 rings (SSSR count). The average Bonchev–Trinajstić information content (AvgIpc) is 3.10. The highest BCUT2D eigenvalue weighted by atomic mass is 35.5. The third-order valence-electron chi connectivity index (χ3n) is 4.19. The normalized spacial score (nSPS) is 17.9. The zero-order chi connectivity index (χ0) is 14.0. The van der Waals surface area contributed by atoms with Gasteiger partial charge in [-0.15, -0.1) is 0 Å². The summed E-state index contributed by atoms with van der Waals surface area (Å²) in [5, 5.41) is 5.03. The first-order valence-electron chi connectivity index (χ1n) is 6.84. The van der Waals surface area contributed by atoms with Gasteiger partial charge in [-0.3, -0.25) is 4.68 Å². The lowest BCUT2D eigenvalue weighted by Gasteiger charge is -2.26. The second-order valence-electron chi connectivity index (χ2n) is 5.38. The Morgan fingerprint density at radius 3 is 2.80 bits per heavy atom. The van der Waals surface area contributed by atoms with Crippen molar-refractivity contribution in [3.8, 4) is 0 Å². The molecule has 4 nitrogen and oxygen atoms in total. The summed E-state index contributed by atoms with van der Waals surface area (Å²) in [5.74, 6) is 0.356. The average molecular weight is 292 g/mol. The molecule has 0 bridgehead atoms. The van der Waals surface area contributed by atoms with Gasteiger partial charge >= 0.3 is 0 Å². The minimum absolute atomic E-state index is 0.0227. The maximum atomic E-state index is 6.29. The van der Waals surface area contributed by atoms with Crippen molar-refractivity contribution in [3.63, 3.8) is 0 Å². The van der Waals surface area contributed by atoms with Crippen LogP contribution in [0, 0.1) is 5.92 Å². The number of ether oxygens (including phenoxy) is 1. The van der Waals surface area contributed by atoms with Crippen LogP contribution in [0.2, 0.25) is 5.02 Å². The van der Waals surface area contributed by atoms with Gasteiger partial charge in [-0.05, 0) is 30.9 Å². The summed E-state index contributed by atoms with van der Waals surface area (Å²) in [6.07, 6.45) is 6.43. The summed E-state index contributed by atoms with van der Waals surface area (Å²) in [6, 6.07) is 8.01. The van der Waals surface area contributed by atoms with Crippen LogP contribution in [0.1, 0.15) is 18.4 Å². The maximum Gasteiger partial charge on any atom is 0.137 e. The molecule has 1 unspecified atom stereocenters. The molecule has 1 aromatic heterocycles. The smallest absolute Gasteiger partial charge is 0.137 e. The zero-order valence-corrected chi connectivity index (χ0v) is 12.3. The molecule has 2 aromatic rings. The van der Waals surface area contributed by atoms with Crippen LogP contribution in [0.5, 0.6) is 0 Å². The second-order valence-corrected chi connectivity index (χ2v) is 5.79. The first-order chi connectivity index (χ1) is 9.73. The number of methoxy groups -OCH3 is 1. The van der Waals surface area contributed by atoms with Crippen molar-refractivity contribution in [3.05, 3.63) is 47.5 Å². The van der Waals surface area contributed by atoms with Gasteiger partial charge in [0.2, 0.25) is 0 Å². The van der Waals surface area contributed by atoms with E-state index in [4.69, 9.17) is 16.3 Å². The van der Waals surface area contributed by atoms with E-state index in [1.54, 1.807) is 19.8 Å². The number of aromatic nitrogens is 3. The third-order valence-corrected chi connectivity index (χ3v) is 4.56. The molecule has 1 heterocycles. The lowest BCUT2D eigenvalue weighted by Crippen LogP contribution is -2.31. The Balaban J connectivity index is 1.81. The van der Waals surface area contributed by atoms with Gasteiger partial charge in [0.15, 0.2) is 0 Å². The Morgan fingerprint density at radius 2 is 2.20 bits per heavy atom. The Bertz CT molecular complexity index is 566. The molecule has 0 N–H and O–H groups in total. The van der Waals surface area contributed by atoms with Crippen LogP contribution in [-0.2, 0) is 17.7 Å². The fraction of sp³-hybridized carbons (Fsp3) is 0.467. The summed E-state index contributed by atoms with van der Waals surface area (Å²) >= 11 is 6.29. The highest BCUT2D eigenvalue weighted by Gasteiger charge is 2.49. The fourth-order valence-corrected chi connectivity index (χ4v) is 3.01. The molecule has 20 heavy (non-hydrogen) atoms. The zero-order valence-electron chi connectivity index (χ0n) is 11.5. The van der Waals surface area contributed by atoms with Crippen molar-refractivity contribution in [2.75, 3.05) is 7.11 Å². The number of nitrogens with zero attached hydrogens (tertiary/aromatic N) is 3. The van der Waals surface area contributed by atoms with Gasteiger partial charge in [0.05, 0.1) is 5.60 Å². The molecule has 1 fully saturated rings. The quantitative estimate of drug-likeness (QED) is 0.821. The van der Waals surface area contributed by atoms with Crippen LogP contribution >= 0.6 is 11.6 Å². The largest absolute Gasteiger partial charge is 0.378 e. The molecule has 1 saturated carbocycles. The summed E-state index contributed by atoms with van der Waals surface area (Å²) in [6.45, 7) is 0.805. The molecule has 0 spiro atoms. The van der Waals surface area contributed by atoms with E-state index in [0.717, 1.165) is 30.8 Å². The van der Waals surface area contributed by atoms with E-state index in [2.05, 4.69) is 16.1 Å². The minimum atomic E-state index is -0.0227. The van der Waals surface area contributed by atoms with Crippen LogP contribution in [0.15, 0.2) is 36.9 Å². The monoisotopic (exact) mass is 291 g/mol. The van der Waals surface area contributed by atoms with Gasteiger partial charge in [-0.1, -0.05) is 29.8 Å². The van der Waals surface area contributed by atoms with Crippen LogP contribution in [0.3, 0.4) is 0 Å². The van der Waals surface area contributed by atoms with Crippen LogP contribution in [0.4, 0.5) is 0 Å². The van der Waals surface area contributed by atoms with Crippen molar-refractivity contribution in [2.24, 2.45) is 5.92 Å². The first kappa shape index (κ1) is 13.6. The number of halogens is 1. The number of benzene rings is 1. The van der Waals surface area contributed by atoms with Crippen molar-refractivity contribution in [2.45, 2.75) is 31.4 Å². The van der Waals surface area contributed by atoms with Gasteiger partial charge in [0.25, 0.3) is 0 Å². The van der Waals surface area contributed by atoms with Crippen LogP contribution < -0.4 is 0 Å². The molecule has 5 heteroatoms. The van der Waals surface area contributed by atoms with E-state index in [0.29, 0.717) is 5.92 Å². The Kier molecular flexibility index (Phi) is 3.76. The topological polar surface area (TPSA) is 39.9 Å². The molecule has 1 aliphatic rings. The van der Waals surface area contributed by atoms with Gasteiger partial charge in [-0.2, -0.15) is 5.10 Å². The van der Waals surface area contributed by atoms with E-state index in [1.165, 1.54) is 5.56 Å². The van der Waals surface area contributed by atoms with Gasteiger partial charge < -0.3 is 4.74 Å². The highest BCUT2D eigenvalue weighted by Crippen LogP contribution is 2.47. The molecular weight excluding hydrogens is 274 g/mol. The van der Waals surface area contributed by atoms with Crippen molar-refractivity contribution < 1.29 is 4.74 Å². The molecule has 0 aliphatic heterocycles. The number of hydrogen-bond acceptors (Lipinski definition) is 3. The van der Waals surface area contributed by atoms with Crippen molar-refractivity contribution in [1.82, 2.24) is 14.8 Å². The summed E-state index contributed by atoms with van der Waals surface area (Å²) in [4.78, 5) is 4.01. The second kappa shape index (κ2) is 5.54. The predicted octanol–water partition coefficient (Wildman–Crippen LogP) is 2.97. The first-order valence-corrected chi connectivity index (χ1v) is 7.22. The predicted molar refractivity (Wildman–Crippen MR) is 77.6 cm³/mol. The van der Waals surface area contributed by atoms with Gasteiger partial charge in [0.1, 0.15) is 12.7 Å². The van der Waals surface area contributed by atoms with Crippen LogP contribution in [0.25, 0.3) is 0 Å². The van der Waals surface area contributed by atoms with Gasteiger partial charge in [0, 0.05) is 24.6 Å². The Morgan fingerprint density at radius 1 is 1.40 bits per heavy atom. The molecule has 1 atom stereocenters. The lowest BCUT2D eigenvalue weighted by molar-refractivity contribution is 0.0200. The van der Waals surface area contributed by atoms with E-state index >= 15 is 0 Å². The lowest BCUT2D eigenvalue weighted by atomic mass is 9.91. The molecule has 0 radical (unpaired) electrons. The van der Waals surface area contributed by atoms with Crippen LogP contribution in [-0.4, -0.2) is 27.5 Å². The number of rotatable bonds is 6. The Labute approximate surface area is 123 Å². The van der Waals surface area contributed by atoms with Crippen molar-refractivity contribution >= 4 is 11.6 Å². The molecule has 106 valence electrons. The molecular formula is C15H18ClN3O. The summed E-state index contributed by atoms with van der Waals surface area (Å²) in [5.41, 5.74) is 1.15. The van der Waals surface area contributed by atoms with E-state index < -0.39 is 0 Å². The molecule has 1 aliphatic carbocycles. The van der Waals surface area contributed by atoms with E-state index in [-0.39, 0.29) is 5.60 Å². The van der Waals surface area contributed by atoms with Gasteiger partial charge in [-0.25, -0.2) is 4.98 Å². The summed E-state index contributed by atoms with van der Waals surface area (Å²) < 4.78 is 7.64. The standard InChI is InChI=1S/C15H18ClN3O/c1-20-15(6-7-15)13(9-19-11-17-10-18-19)8-12-4-2-3-5-14(12)16/h2-5,10-11,13H,6-9H2,1H3. The fourth-order valence-electron chi connectivity index (χ4n) is 2.80. The third kappa shape index (κ3) is 2.72. The van der Waals surface area contributed by atoms with E-state index in [1.807, 2.05) is 22.9 Å². The van der Waals surface area contributed by atoms with Crippen molar-refractivity contribution in [1.29, 1.82) is 0 Å². The Hall–Kier alpha value is -1.39. The molecule has 0 amide bonds. The van der Waals surface area contributed by atoms with E-state index in [9.17, 15) is 0 Å². The summed E-state index contributed by atoms with van der Waals surface area (Å²) in [7, 11) is 1.80.